The summed E-state index contributed by atoms with van der Waals surface area (Å²) in [6.45, 7) is 0. The molecule has 0 aliphatic rings. The van der Waals surface area contributed by atoms with E-state index < -0.39 is 0 Å². The van der Waals surface area contributed by atoms with Crippen molar-refractivity contribution in [1.82, 2.24) is 4.68 Å². The maximum absolute atomic E-state index is 13.1. The largest absolute Gasteiger partial charge is 0.469 e. The molecular weight excluding hydrogens is 259 g/mol. The second-order valence-corrected chi connectivity index (χ2v) is 3.80. The lowest BCUT2D eigenvalue weighted by Gasteiger charge is -1.98. The number of benzene rings is 1. The summed E-state index contributed by atoms with van der Waals surface area (Å²) >= 11 is 0. The summed E-state index contributed by atoms with van der Waals surface area (Å²) in [5.41, 5.74) is 1.58. The Labute approximate surface area is 110 Å². The Balaban J connectivity index is 0.00000162. The Morgan fingerprint density at radius 1 is 1.50 bits per heavy atom. The molecule has 0 atom stereocenters. The minimum atomic E-state index is -0.317. The fourth-order valence-electron chi connectivity index (χ4n) is 1.84. The van der Waals surface area contributed by atoms with Gasteiger partial charge in [-0.05, 0) is 30.2 Å². The van der Waals surface area contributed by atoms with Gasteiger partial charge in [-0.1, -0.05) is 0 Å². The molecule has 0 saturated carbocycles. The van der Waals surface area contributed by atoms with Crippen molar-refractivity contribution in [2.45, 2.75) is 12.8 Å². The van der Waals surface area contributed by atoms with E-state index in [1.807, 2.05) is 0 Å². The Kier molecular flexibility index (Phi) is 4.55. The minimum absolute atomic E-state index is 0. The summed E-state index contributed by atoms with van der Waals surface area (Å²) in [4.78, 5) is 11.1. The van der Waals surface area contributed by atoms with Gasteiger partial charge in [0, 0.05) is 18.0 Å². The molecule has 18 heavy (non-hydrogen) atoms. The maximum Gasteiger partial charge on any atom is 0.305 e. The molecule has 2 aromatic rings. The third-order valence-electron chi connectivity index (χ3n) is 2.70. The van der Waals surface area contributed by atoms with Gasteiger partial charge in [-0.2, -0.15) is 0 Å². The molecule has 98 valence electrons. The molecule has 0 spiro atoms. The average Bonchev–Trinajstić information content (AvgIpc) is 2.62. The average molecular weight is 273 g/mol. The van der Waals surface area contributed by atoms with Gasteiger partial charge in [-0.15, -0.1) is 12.4 Å². The third-order valence-corrected chi connectivity index (χ3v) is 2.70. The normalized spacial score (nSPS) is 10.1. The molecule has 0 saturated heterocycles. The number of carbonyl (C=O) groups is 1. The van der Waals surface area contributed by atoms with Crippen molar-refractivity contribution < 1.29 is 13.9 Å². The number of halogens is 2. The summed E-state index contributed by atoms with van der Waals surface area (Å²) < 4.78 is 19.1. The molecule has 0 fully saturated rings. The monoisotopic (exact) mass is 272 g/mol. The molecule has 6 heteroatoms. The number of nitrogen functional groups attached to an aromatic ring is 1. The lowest BCUT2D eigenvalue weighted by atomic mass is 10.1. The Bertz CT molecular complexity index is 568. The number of hydrogen-bond acceptors (Lipinski definition) is 3. The van der Waals surface area contributed by atoms with E-state index in [2.05, 4.69) is 4.74 Å². The van der Waals surface area contributed by atoms with Crippen molar-refractivity contribution >= 4 is 29.3 Å². The molecule has 0 aliphatic carbocycles. The number of methoxy groups -OCH3 is 1. The lowest BCUT2D eigenvalue weighted by molar-refractivity contribution is -0.140. The van der Waals surface area contributed by atoms with Crippen LogP contribution in [0.2, 0.25) is 0 Å². The van der Waals surface area contributed by atoms with E-state index in [9.17, 15) is 9.18 Å². The Morgan fingerprint density at radius 3 is 2.89 bits per heavy atom. The molecule has 1 aromatic carbocycles. The van der Waals surface area contributed by atoms with Crippen LogP contribution in [0, 0.1) is 5.82 Å². The van der Waals surface area contributed by atoms with Crippen molar-refractivity contribution in [3.8, 4) is 0 Å². The first-order valence-electron chi connectivity index (χ1n) is 5.23. The van der Waals surface area contributed by atoms with Crippen LogP contribution in [0.1, 0.15) is 12.0 Å². The number of esters is 1. The number of rotatable bonds is 3. The first-order valence-corrected chi connectivity index (χ1v) is 5.23. The van der Waals surface area contributed by atoms with E-state index in [0.717, 1.165) is 16.5 Å². The van der Waals surface area contributed by atoms with Crippen LogP contribution in [-0.4, -0.2) is 17.8 Å². The van der Waals surface area contributed by atoms with E-state index in [0.29, 0.717) is 6.42 Å². The summed E-state index contributed by atoms with van der Waals surface area (Å²) in [7, 11) is 1.34. The number of hydrogen-bond donors (Lipinski definition) is 1. The van der Waals surface area contributed by atoms with Gasteiger partial charge < -0.3 is 10.6 Å². The minimum Gasteiger partial charge on any atom is -0.469 e. The van der Waals surface area contributed by atoms with Crippen LogP contribution in [0.4, 0.5) is 4.39 Å². The smallest absolute Gasteiger partial charge is 0.305 e. The highest BCUT2D eigenvalue weighted by Crippen LogP contribution is 2.22. The number of aromatic nitrogens is 1. The first-order chi connectivity index (χ1) is 8.11. The van der Waals surface area contributed by atoms with Gasteiger partial charge in [0.2, 0.25) is 0 Å². The van der Waals surface area contributed by atoms with Crippen LogP contribution in [0.3, 0.4) is 0 Å². The predicted molar refractivity (Wildman–Crippen MR) is 69.6 cm³/mol. The fraction of sp³-hybridized carbons (Fsp3) is 0.250. The SMILES string of the molecule is COC(=O)CCc1cn(N)c2ccc(F)cc12.Cl. The topological polar surface area (TPSA) is 57.2 Å². The molecule has 0 bridgehead atoms. The van der Waals surface area contributed by atoms with Gasteiger partial charge in [-0.25, -0.2) is 4.39 Å². The molecule has 4 nitrogen and oxygen atoms in total. The zero-order chi connectivity index (χ0) is 12.4. The van der Waals surface area contributed by atoms with Gasteiger partial charge >= 0.3 is 5.97 Å². The summed E-state index contributed by atoms with van der Waals surface area (Å²) in [5, 5.41) is 0.733. The number of fused-ring (bicyclic) bond motifs is 1. The standard InChI is InChI=1S/C12H13FN2O2.ClH/c1-17-12(16)5-2-8-7-15(14)11-4-3-9(13)6-10(8)11;/h3-4,6-7H,2,5,14H2,1H3;1H. The van der Waals surface area contributed by atoms with E-state index in [1.165, 1.54) is 23.9 Å². The Hall–Kier alpha value is -1.75. The first kappa shape index (κ1) is 14.3. The van der Waals surface area contributed by atoms with E-state index >= 15 is 0 Å². The number of aryl methyl sites for hydroxylation is 1. The van der Waals surface area contributed by atoms with Crippen molar-refractivity contribution in [2.24, 2.45) is 0 Å². The van der Waals surface area contributed by atoms with Crippen LogP contribution in [0.25, 0.3) is 10.9 Å². The quantitative estimate of drug-likeness (QED) is 0.687. The van der Waals surface area contributed by atoms with Gasteiger partial charge in [-0.3, -0.25) is 9.47 Å². The molecule has 0 radical (unpaired) electrons. The summed E-state index contributed by atoms with van der Waals surface area (Å²) in [5.74, 6) is 5.14. The summed E-state index contributed by atoms with van der Waals surface area (Å²) in [6.07, 6.45) is 2.44. The number of nitrogens with zero attached hydrogens (tertiary/aromatic N) is 1. The fourth-order valence-corrected chi connectivity index (χ4v) is 1.84. The van der Waals surface area contributed by atoms with Gasteiger partial charge in [0.05, 0.1) is 12.6 Å². The Morgan fingerprint density at radius 2 is 2.22 bits per heavy atom. The number of ether oxygens (including phenoxy) is 1. The van der Waals surface area contributed by atoms with Crippen molar-refractivity contribution in [2.75, 3.05) is 13.0 Å². The molecular formula is C12H14ClFN2O2. The molecule has 1 heterocycles. The zero-order valence-electron chi connectivity index (χ0n) is 9.85. The highest BCUT2D eigenvalue weighted by Gasteiger charge is 2.10. The van der Waals surface area contributed by atoms with Crippen molar-refractivity contribution in [3.63, 3.8) is 0 Å². The maximum atomic E-state index is 13.1. The highest BCUT2D eigenvalue weighted by molar-refractivity contribution is 5.85. The molecule has 0 aliphatic heterocycles. The van der Waals surface area contributed by atoms with Gasteiger partial charge in [0.15, 0.2) is 0 Å². The molecule has 0 unspecified atom stereocenters. The zero-order valence-corrected chi connectivity index (χ0v) is 10.7. The van der Waals surface area contributed by atoms with Crippen LogP contribution in [-0.2, 0) is 16.0 Å². The van der Waals surface area contributed by atoms with Crippen LogP contribution in [0.15, 0.2) is 24.4 Å². The molecule has 2 rings (SSSR count). The van der Waals surface area contributed by atoms with Crippen LogP contribution >= 0.6 is 12.4 Å². The molecule has 2 N–H and O–H groups in total. The van der Waals surface area contributed by atoms with E-state index in [4.69, 9.17) is 5.84 Å². The van der Waals surface area contributed by atoms with Crippen LogP contribution < -0.4 is 5.84 Å². The van der Waals surface area contributed by atoms with Crippen LogP contribution in [0.5, 0.6) is 0 Å². The highest BCUT2D eigenvalue weighted by atomic mass is 35.5. The van der Waals surface area contributed by atoms with Gasteiger partial charge in [0.25, 0.3) is 0 Å². The van der Waals surface area contributed by atoms with E-state index in [-0.39, 0.29) is 30.6 Å². The summed E-state index contributed by atoms with van der Waals surface area (Å²) in [6, 6.07) is 4.40. The number of nitrogens with two attached hydrogens (primary N) is 1. The van der Waals surface area contributed by atoms with Crippen molar-refractivity contribution in [3.05, 3.63) is 35.8 Å². The van der Waals surface area contributed by atoms with E-state index in [1.54, 1.807) is 12.3 Å². The van der Waals surface area contributed by atoms with Crippen molar-refractivity contribution in [1.29, 1.82) is 0 Å². The second kappa shape index (κ2) is 5.73. The second-order valence-electron chi connectivity index (χ2n) is 3.80. The molecule has 1 aromatic heterocycles. The number of carbonyl (C=O) groups excluding carboxylic acids is 1. The lowest BCUT2D eigenvalue weighted by Crippen LogP contribution is -2.05. The van der Waals surface area contributed by atoms with Gasteiger partial charge in [0.1, 0.15) is 5.82 Å². The molecule has 0 amide bonds. The predicted octanol–water partition coefficient (Wildman–Crippen LogP) is 2.02. The third kappa shape index (κ3) is 2.73.